The number of carbonyl (C=O) groups excluding carboxylic acids is 3. The van der Waals surface area contributed by atoms with E-state index in [4.69, 9.17) is 9.47 Å². The fourth-order valence-corrected chi connectivity index (χ4v) is 6.70. The summed E-state index contributed by atoms with van der Waals surface area (Å²) in [5, 5.41) is 10.6. The number of amides is 2. The van der Waals surface area contributed by atoms with Gasteiger partial charge in [0.05, 0.1) is 30.8 Å². The number of likely N-dealkylation sites (tertiary alicyclic amines) is 1. The molecule has 8 heteroatoms. The summed E-state index contributed by atoms with van der Waals surface area (Å²) in [6.45, 7) is 4.79. The van der Waals surface area contributed by atoms with Gasteiger partial charge in [0.15, 0.2) is 0 Å². The number of cyclic esters (lactones) is 1. The highest BCUT2D eigenvalue weighted by molar-refractivity contribution is 5.99. The summed E-state index contributed by atoms with van der Waals surface area (Å²) in [7, 11) is 0. The molecule has 2 fully saturated rings. The maximum atomic E-state index is 14.4. The van der Waals surface area contributed by atoms with Gasteiger partial charge in [-0.2, -0.15) is 0 Å². The number of aliphatic hydroxyl groups is 1. The topological polar surface area (TPSA) is 96.4 Å². The normalized spacial score (nSPS) is 34.4. The molecule has 1 aromatic carbocycles. The van der Waals surface area contributed by atoms with Crippen molar-refractivity contribution in [2.45, 2.75) is 69.2 Å². The molecule has 38 heavy (non-hydrogen) atoms. The Balaban J connectivity index is 1.63. The Bertz CT molecular complexity index is 1120. The lowest BCUT2D eigenvalue weighted by molar-refractivity contribution is -0.161. The molecule has 4 aliphatic heterocycles. The minimum absolute atomic E-state index is 0.210. The molecule has 0 bridgehead atoms. The van der Waals surface area contributed by atoms with E-state index in [1.54, 1.807) is 4.90 Å². The number of fused-ring (bicyclic) bond motifs is 2. The van der Waals surface area contributed by atoms with E-state index in [-0.39, 0.29) is 25.0 Å². The molecule has 4 heterocycles. The summed E-state index contributed by atoms with van der Waals surface area (Å²) in [6.07, 6.45) is 11.1. The third kappa shape index (κ3) is 4.37. The molecule has 0 saturated carbocycles. The Kier molecular flexibility index (Phi) is 7.47. The number of carbonyl (C=O) groups is 3. The van der Waals surface area contributed by atoms with Crippen molar-refractivity contribution in [1.82, 2.24) is 9.80 Å². The summed E-state index contributed by atoms with van der Waals surface area (Å²) >= 11 is 0. The van der Waals surface area contributed by atoms with Gasteiger partial charge < -0.3 is 24.4 Å². The highest BCUT2D eigenvalue weighted by atomic mass is 16.6. The van der Waals surface area contributed by atoms with Crippen molar-refractivity contribution >= 4 is 17.8 Å². The van der Waals surface area contributed by atoms with Gasteiger partial charge in [0.1, 0.15) is 17.6 Å². The monoisotopic (exact) mass is 522 g/mol. The van der Waals surface area contributed by atoms with Crippen LogP contribution in [0.15, 0.2) is 54.6 Å². The van der Waals surface area contributed by atoms with Crippen molar-refractivity contribution < 1.29 is 29.0 Å². The average molecular weight is 523 g/mol. The highest BCUT2D eigenvalue weighted by Gasteiger charge is 2.75. The minimum atomic E-state index is -1.35. The lowest BCUT2D eigenvalue weighted by atomic mass is 9.74. The molecule has 5 rings (SSSR count). The van der Waals surface area contributed by atoms with Crippen molar-refractivity contribution in [3.8, 4) is 0 Å². The van der Waals surface area contributed by atoms with Crippen molar-refractivity contribution in [2.24, 2.45) is 11.8 Å². The highest BCUT2D eigenvalue weighted by Crippen LogP contribution is 2.57. The van der Waals surface area contributed by atoms with Gasteiger partial charge in [-0.05, 0) is 38.2 Å². The predicted molar refractivity (Wildman–Crippen MR) is 141 cm³/mol. The van der Waals surface area contributed by atoms with Crippen LogP contribution >= 0.6 is 0 Å². The SMILES string of the molecule is CCCCN1CC=C[C@]23O[C@@]4(C)/C=C\CCCOC(=O)[C@H]4[C@H]2C(=O)N([C@@H](CO)Cc2ccccc2)C3C1=O. The van der Waals surface area contributed by atoms with Crippen LogP contribution in [0.4, 0.5) is 0 Å². The zero-order valence-corrected chi connectivity index (χ0v) is 22.3. The maximum Gasteiger partial charge on any atom is 0.313 e. The standard InChI is InChI=1S/C30H38N2O6/c1-3-4-16-31-17-11-15-30-23(24-28(36)37-18-10-6-9-14-29(24,2)38-30)26(34)32(25(30)27(31)35)22(20-33)19-21-12-7-5-8-13-21/h5,7-9,11-15,22-25,33H,3-4,6,10,16-20H2,1-2H3/b14-9-/t22-,23+,24-,25?,29+,30+/m1/s1. The molecule has 4 aliphatic rings. The molecule has 0 aliphatic carbocycles. The van der Waals surface area contributed by atoms with E-state index in [1.165, 1.54) is 4.90 Å². The summed E-state index contributed by atoms with van der Waals surface area (Å²) in [6, 6.07) is 7.96. The van der Waals surface area contributed by atoms with E-state index < -0.39 is 41.1 Å². The second-order valence-electron chi connectivity index (χ2n) is 11.0. The number of allylic oxidation sites excluding steroid dienone is 1. The third-order valence-corrected chi connectivity index (χ3v) is 8.47. The summed E-state index contributed by atoms with van der Waals surface area (Å²) in [5.74, 6) is -2.89. The largest absolute Gasteiger partial charge is 0.465 e. The van der Waals surface area contributed by atoms with Gasteiger partial charge in [-0.3, -0.25) is 14.4 Å². The quantitative estimate of drug-likeness (QED) is 0.437. The number of hydrogen-bond donors (Lipinski definition) is 1. The number of benzene rings is 1. The van der Waals surface area contributed by atoms with Crippen LogP contribution in [0.1, 0.15) is 45.1 Å². The second kappa shape index (κ2) is 10.7. The van der Waals surface area contributed by atoms with Gasteiger partial charge >= 0.3 is 5.97 Å². The molecule has 204 valence electrons. The second-order valence-corrected chi connectivity index (χ2v) is 11.0. The van der Waals surface area contributed by atoms with E-state index in [0.29, 0.717) is 25.9 Å². The van der Waals surface area contributed by atoms with Crippen molar-refractivity contribution in [3.63, 3.8) is 0 Å². The first-order valence-corrected chi connectivity index (χ1v) is 13.8. The third-order valence-electron chi connectivity index (χ3n) is 8.47. The first kappa shape index (κ1) is 26.6. The first-order chi connectivity index (χ1) is 18.4. The number of nitrogens with zero attached hydrogens (tertiary/aromatic N) is 2. The zero-order chi connectivity index (χ0) is 26.9. The van der Waals surface area contributed by atoms with Crippen LogP contribution in [-0.4, -0.2) is 82.3 Å². The molecule has 8 nitrogen and oxygen atoms in total. The van der Waals surface area contributed by atoms with Crippen molar-refractivity contribution in [1.29, 1.82) is 0 Å². The van der Waals surface area contributed by atoms with Gasteiger partial charge in [-0.25, -0.2) is 0 Å². The summed E-state index contributed by atoms with van der Waals surface area (Å²) < 4.78 is 12.4. The van der Waals surface area contributed by atoms with Crippen LogP contribution in [-0.2, 0) is 30.3 Å². The maximum absolute atomic E-state index is 14.4. The van der Waals surface area contributed by atoms with E-state index in [1.807, 2.05) is 61.6 Å². The van der Waals surface area contributed by atoms with Crippen LogP contribution in [0.3, 0.4) is 0 Å². The van der Waals surface area contributed by atoms with Gasteiger partial charge in [-0.1, -0.05) is 68.0 Å². The van der Waals surface area contributed by atoms with E-state index >= 15 is 0 Å². The first-order valence-electron chi connectivity index (χ1n) is 13.8. The fourth-order valence-electron chi connectivity index (χ4n) is 6.70. The number of esters is 1. The van der Waals surface area contributed by atoms with Gasteiger partial charge in [0.25, 0.3) is 0 Å². The molecule has 2 saturated heterocycles. The fraction of sp³-hybridized carbons (Fsp3) is 0.567. The van der Waals surface area contributed by atoms with Crippen LogP contribution < -0.4 is 0 Å². The summed E-state index contributed by atoms with van der Waals surface area (Å²) in [4.78, 5) is 45.5. The average Bonchev–Trinajstić information content (AvgIpc) is 3.27. The molecule has 1 N–H and O–H groups in total. The molecule has 6 atom stereocenters. The number of hydrogen-bond acceptors (Lipinski definition) is 6. The molecule has 1 unspecified atom stereocenters. The van der Waals surface area contributed by atoms with E-state index in [0.717, 1.165) is 24.8 Å². The lowest BCUT2D eigenvalue weighted by Gasteiger charge is -2.40. The van der Waals surface area contributed by atoms with Crippen LogP contribution in [0.2, 0.25) is 0 Å². The van der Waals surface area contributed by atoms with E-state index in [2.05, 4.69) is 6.92 Å². The molecule has 0 radical (unpaired) electrons. The Hall–Kier alpha value is -2.97. The van der Waals surface area contributed by atoms with Crippen molar-refractivity contribution in [2.75, 3.05) is 26.3 Å². The molecule has 1 aromatic rings. The molecule has 2 amide bonds. The molecular weight excluding hydrogens is 484 g/mol. The molecule has 0 aromatic heterocycles. The van der Waals surface area contributed by atoms with Gasteiger partial charge in [0.2, 0.25) is 11.8 Å². The summed E-state index contributed by atoms with van der Waals surface area (Å²) in [5.41, 5.74) is -1.51. The smallest absolute Gasteiger partial charge is 0.313 e. The van der Waals surface area contributed by atoms with Gasteiger partial charge in [0, 0.05) is 13.1 Å². The lowest BCUT2D eigenvalue weighted by Crippen LogP contribution is -2.59. The number of ether oxygens (including phenoxy) is 2. The zero-order valence-electron chi connectivity index (χ0n) is 22.3. The Morgan fingerprint density at radius 1 is 1.08 bits per heavy atom. The predicted octanol–water partition coefficient (Wildman–Crippen LogP) is 2.65. The van der Waals surface area contributed by atoms with Crippen molar-refractivity contribution in [3.05, 3.63) is 60.2 Å². The number of rotatable bonds is 7. The van der Waals surface area contributed by atoms with Crippen LogP contribution in [0, 0.1) is 11.8 Å². The van der Waals surface area contributed by atoms with E-state index in [9.17, 15) is 19.5 Å². The Morgan fingerprint density at radius 3 is 2.61 bits per heavy atom. The van der Waals surface area contributed by atoms with Crippen LogP contribution in [0.25, 0.3) is 0 Å². The molecular formula is C30H38N2O6. The van der Waals surface area contributed by atoms with Gasteiger partial charge in [-0.15, -0.1) is 0 Å². The Labute approximate surface area is 224 Å². The minimum Gasteiger partial charge on any atom is -0.465 e. The number of aliphatic hydroxyl groups excluding tert-OH is 1. The molecule has 1 spiro atoms. The number of unbranched alkanes of at least 4 members (excludes halogenated alkanes) is 1. The Morgan fingerprint density at radius 2 is 1.87 bits per heavy atom. The van der Waals surface area contributed by atoms with Crippen LogP contribution in [0.5, 0.6) is 0 Å².